The van der Waals surface area contributed by atoms with Crippen LogP contribution >= 0.6 is 0 Å². The van der Waals surface area contributed by atoms with Gasteiger partial charge in [0.05, 0.1) is 0 Å². The van der Waals surface area contributed by atoms with Crippen molar-refractivity contribution in [2.45, 2.75) is 6.42 Å². The van der Waals surface area contributed by atoms with Crippen molar-refractivity contribution < 1.29 is 9.90 Å². The number of aromatic nitrogens is 3. The molecule has 0 saturated carbocycles. The fourth-order valence-corrected chi connectivity index (χ4v) is 2.55. The zero-order chi connectivity index (χ0) is 14.8. The van der Waals surface area contributed by atoms with E-state index in [1.165, 1.54) is 10.6 Å². The zero-order valence-corrected chi connectivity index (χ0v) is 12.1. The van der Waals surface area contributed by atoms with Crippen LogP contribution in [0.1, 0.15) is 16.3 Å². The quantitative estimate of drug-likeness (QED) is 0.868. The molecule has 3 rings (SSSR count). The second kappa shape index (κ2) is 5.79. The molecule has 2 aromatic rings. The van der Waals surface area contributed by atoms with Gasteiger partial charge in [0.15, 0.2) is 17.2 Å². The summed E-state index contributed by atoms with van der Waals surface area (Å²) in [6, 6.07) is 5.00. The van der Waals surface area contributed by atoms with Crippen molar-refractivity contribution in [1.82, 2.24) is 24.4 Å². The van der Waals surface area contributed by atoms with Crippen molar-refractivity contribution in [2.75, 3.05) is 39.8 Å². The number of hydrogen-bond acceptors (Lipinski definition) is 5. The van der Waals surface area contributed by atoms with E-state index >= 15 is 0 Å². The van der Waals surface area contributed by atoms with Gasteiger partial charge in [0.25, 0.3) is 0 Å². The molecular weight excluding hydrogens is 270 g/mol. The van der Waals surface area contributed by atoms with Gasteiger partial charge in [-0.15, -0.1) is 0 Å². The molecule has 0 aliphatic carbocycles. The molecule has 0 unspecified atom stereocenters. The van der Waals surface area contributed by atoms with Crippen LogP contribution in [-0.2, 0) is 6.42 Å². The normalized spacial score (nSPS) is 17.4. The van der Waals surface area contributed by atoms with Crippen molar-refractivity contribution in [3.8, 4) is 0 Å². The SMILES string of the molecule is CN1CCN(CCc2nc3cccc(C(=O)O)n3n2)CC1. The summed E-state index contributed by atoms with van der Waals surface area (Å²) in [7, 11) is 2.13. The van der Waals surface area contributed by atoms with Crippen LogP contribution in [0.15, 0.2) is 18.2 Å². The molecule has 0 aromatic carbocycles. The Hall–Kier alpha value is -1.99. The minimum absolute atomic E-state index is 0.144. The average Bonchev–Trinajstić information content (AvgIpc) is 2.89. The fraction of sp³-hybridized carbons (Fsp3) is 0.500. The van der Waals surface area contributed by atoms with Gasteiger partial charge in [0, 0.05) is 39.1 Å². The fourth-order valence-electron chi connectivity index (χ4n) is 2.55. The minimum Gasteiger partial charge on any atom is -0.477 e. The summed E-state index contributed by atoms with van der Waals surface area (Å²) in [5.41, 5.74) is 0.731. The predicted octanol–water partition coefficient (Wildman–Crippen LogP) is 0.217. The highest BCUT2D eigenvalue weighted by Crippen LogP contribution is 2.08. The third kappa shape index (κ3) is 3.03. The number of nitrogens with zero attached hydrogens (tertiary/aromatic N) is 5. The van der Waals surface area contributed by atoms with E-state index in [9.17, 15) is 4.79 Å². The van der Waals surface area contributed by atoms with E-state index in [1.54, 1.807) is 12.1 Å². The molecule has 1 aliphatic rings. The molecule has 0 spiro atoms. The van der Waals surface area contributed by atoms with Crippen LogP contribution in [0.5, 0.6) is 0 Å². The van der Waals surface area contributed by atoms with Crippen molar-refractivity contribution in [3.63, 3.8) is 0 Å². The molecule has 1 saturated heterocycles. The van der Waals surface area contributed by atoms with Gasteiger partial charge in [0.2, 0.25) is 0 Å². The van der Waals surface area contributed by atoms with Crippen LogP contribution in [0.2, 0.25) is 0 Å². The van der Waals surface area contributed by atoms with E-state index in [0.29, 0.717) is 11.5 Å². The zero-order valence-electron chi connectivity index (χ0n) is 12.1. The van der Waals surface area contributed by atoms with Gasteiger partial charge in [-0.1, -0.05) is 6.07 Å². The summed E-state index contributed by atoms with van der Waals surface area (Å²) in [6.07, 6.45) is 0.741. The second-order valence-electron chi connectivity index (χ2n) is 5.41. The highest BCUT2D eigenvalue weighted by Gasteiger charge is 2.15. The molecule has 1 N–H and O–H groups in total. The van der Waals surface area contributed by atoms with E-state index in [4.69, 9.17) is 5.11 Å². The molecule has 0 amide bonds. The van der Waals surface area contributed by atoms with Crippen molar-refractivity contribution in [2.24, 2.45) is 0 Å². The van der Waals surface area contributed by atoms with Crippen molar-refractivity contribution in [1.29, 1.82) is 0 Å². The summed E-state index contributed by atoms with van der Waals surface area (Å²) in [5, 5.41) is 13.5. The maximum atomic E-state index is 11.2. The molecule has 0 radical (unpaired) electrons. The molecule has 0 bridgehead atoms. The minimum atomic E-state index is -0.990. The van der Waals surface area contributed by atoms with Gasteiger partial charge in [-0.2, -0.15) is 5.10 Å². The van der Waals surface area contributed by atoms with Gasteiger partial charge in [-0.3, -0.25) is 0 Å². The Morgan fingerprint density at radius 3 is 2.76 bits per heavy atom. The average molecular weight is 289 g/mol. The van der Waals surface area contributed by atoms with Crippen molar-refractivity contribution >= 4 is 11.6 Å². The first-order valence-corrected chi connectivity index (χ1v) is 7.12. The van der Waals surface area contributed by atoms with E-state index < -0.39 is 5.97 Å². The number of hydrogen-bond donors (Lipinski definition) is 1. The van der Waals surface area contributed by atoms with Gasteiger partial charge in [0.1, 0.15) is 0 Å². The van der Waals surface area contributed by atoms with Gasteiger partial charge >= 0.3 is 5.97 Å². The number of fused-ring (bicyclic) bond motifs is 1. The lowest BCUT2D eigenvalue weighted by Gasteiger charge is -2.31. The summed E-state index contributed by atoms with van der Waals surface area (Å²) in [6.45, 7) is 5.20. The molecule has 112 valence electrons. The molecular formula is C14H19N5O2. The molecule has 7 nitrogen and oxygen atoms in total. The largest absolute Gasteiger partial charge is 0.477 e. The Morgan fingerprint density at radius 2 is 2.05 bits per heavy atom. The van der Waals surface area contributed by atoms with Crippen LogP contribution in [0.25, 0.3) is 5.65 Å². The number of carboxylic acids is 1. The first-order valence-electron chi connectivity index (χ1n) is 7.12. The van der Waals surface area contributed by atoms with Crippen LogP contribution in [0.3, 0.4) is 0 Å². The van der Waals surface area contributed by atoms with Gasteiger partial charge in [-0.25, -0.2) is 14.3 Å². The number of likely N-dealkylation sites (N-methyl/N-ethyl adjacent to an activating group) is 1. The summed E-state index contributed by atoms with van der Waals surface area (Å²) < 4.78 is 1.40. The van der Waals surface area contributed by atoms with E-state index in [-0.39, 0.29) is 5.69 Å². The van der Waals surface area contributed by atoms with Crippen LogP contribution in [0, 0.1) is 0 Å². The van der Waals surface area contributed by atoms with E-state index in [1.807, 2.05) is 0 Å². The number of carbonyl (C=O) groups is 1. The van der Waals surface area contributed by atoms with Crippen LogP contribution < -0.4 is 0 Å². The monoisotopic (exact) mass is 289 g/mol. The maximum absolute atomic E-state index is 11.2. The summed E-state index contributed by atoms with van der Waals surface area (Å²) in [5.74, 6) is -0.293. The Morgan fingerprint density at radius 1 is 1.29 bits per heavy atom. The lowest BCUT2D eigenvalue weighted by Crippen LogP contribution is -2.45. The van der Waals surface area contributed by atoms with Gasteiger partial charge < -0.3 is 14.9 Å². The second-order valence-corrected chi connectivity index (χ2v) is 5.41. The smallest absolute Gasteiger partial charge is 0.354 e. The Balaban J connectivity index is 1.70. The highest BCUT2D eigenvalue weighted by molar-refractivity contribution is 5.86. The van der Waals surface area contributed by atoms with E-state index in [0.717, 1.165) is 39.1 Å². The van der Waals surface area contributed by atoms with E-state index in [2.05, 4.69) is 26.9 Å². The molecule has 0 atom stereocenters. The Labute approximate surface area is 122 Å². The maximum Gasteiger partial charge on any atom is 0.354 e. The molecule has 1 aliphatic heterocycles. The first kappa shape index (κ1) is 14.0. The standard InChI is InChI=1S/C14H19N5O2/c1-17-7-9-18(10-8-17)6-5-12-15-13-4-2-3-11(14(20)21)19(13)16-12/h2-4H,5-10H2,1H3,(H,20,21). The molecule has 3 heterocycles. The molecule has 7 heteroatoms. The lowest BCUT2D eigenvalue weighted by atomic mass is 10.3. The Kier molecular flexibility index (Phi) is 3.85. The highest BCUT2D eigenvalue weighted by atomic mass is 16.4. The lowest BCUT2D eigenvalue weighted by molar-refractivity contribution is 0.0687. The molecule has 2 aromatic heterocycles. The molecule has 21 heavy (non-hydrogen) atoms. The third-order valence-electron chi connectivity index (χ3n) is 3.87. The van der Waals surface area contributed by atoms with Crippen LogP contribution in [-0.4, -0.2) is 75.2 Å². The number of aromatic carboxylic acids is 1. The Bertz CT molecular complexity index is 646. The molecule has 1 fully saturated rings. The number of pyridine rings is 1. The number of piperazine rings is 1. The summed E-state index contributed by atoms with van der Waals surface area (Å²) in [4.78, 5) is 20.3. The first-order chi connectivity index (χ1) is 10.1. The topological polar surface area (TPSA) is 74.0 Å². The number of rotatable bonds is 4. The van der Waals surface area contributed by atoms with Gasteiger partial charge in [-0.05, 0) is 19.2 Å². The third-order valence-corrected chi connectivity index (χ3v) is 3.87. The predicted molar refractivity (Wildman–Crippen MR) is 77.6 cm³/mol. The van der Waals surface area contributed by atoms with Crippen LogP contribution in [0.4, 0.5) is 0 Å². The summed E-state index contributed by atoms with van der Waals surface area (Å²) >= 11 is 0. The van der Waals surface area contributed by atoms with Crippen molar-refractivity contribution in [3.05, 3.63) is 29.7 Å². The number of carboxylic acid groups (broad SMARTS) is 1.